The first-order chi connectivity index (χ1) is 9.31. The summed E-state index contributed by atoms with van der Waals surface area (Å²) in [6.07, 6.45) is 3.27. The number of hydrogen-bond acceptors (Lipinski definition) is 5. The summed E-state index contributed by atoms with van der Waals surface area (Å²) in [5, 5.41) is 6.35. The highest BCUT2D eigenvalue weighted by molar-refractivity contribution is 8.09. The van der Waals surface area contributed by atoms with Crippen molar-refractivity contribution in [3.05, 3.63) is 24.5 Å². The minimum absolute atomic E-state index is 0.0479. The van der Waals surface area contributed by atoms with E-state index < -0.39 is 6.64 Å². The van der Waals surface area contributed by atoms with Crippen molar-refractivity contribution in [2.24, 2.45) is 0 Å². The number of thiocarbonyl (C=S) groups is 1. The molecule has 1 rings (SSSR count). The van der Waals surface area contributed by atoms with Crippen LogP contribution >= 0.6 is 18.9 Å². The molecule has 2 N–H and O–H groups in total. The van der Waals surface area contributed by atoms with E-state index in [1.54, 1.807) is 12.4 Å². The molecule has 112 valence electrons. The predicted octanol–water partition coefficient (Wildman–Crippen LogP) is 3.44. The van der Waals surface area contributed by atoms with Crippen LogP contribution in [0.2, 0.25) is 0 Å². The summed E-state index contributed by atoms with van der Waals surface area (Å²) in [7, 11) is 0. The Morgan fingerprint density at radius 2 is 1.85 bits per heavy atom. The lowest BCUT2D eigenvalue weighted by molar-refractivity contribution is 0.172. The smallest absolute Gasteiger partial charge is 0.289 e. The van der Waals surface area contributed by atoms with E-state index in [4.69, 9.17) is 33.1 Å². The summed E-state index contributed by atoms with van der Waals surface area (Å²) in [6.45, 7) is 4.96. The quantitative estimate of drug-likeness (QED) is 0.611. The van der Waals surface area contributed by atoms with Gasteiger partial charge in [0.15, 0.2) is 5.11 Å². The molecule has 0 unspecified atom stereocenters. The lowest BCUT2D eigenvalue weighted by Gasteiger charge is -2.27. The standard InChI is InChI=1S/C12H20N3O2PS2/c1-9(2)16-18(20,17-10(3)4)15-12(19)14-11-6-5-7-13-8-11/h5-10H,1-4H3,(H2,14,15,19,20). The highest BCUT2D eigenvalue weighted by Crippen LogP contribution is 2.46. The zero-order valence-corrected chi connectivity index (χ0v) is 14.5. The Hall–Kier alpha value is -0.590. The number of anilines is 1. The monoisotopic (exact) mass is 333 g/mol. The SMILES string of the molecule is CC(C)OP(=S)(NC(=S)Nc1cccnc1)OC(C)C. The van der Waals surface area contributed by atoms with E-state index in [2.05, 4.69) is 15.4 Å². The number of nitrogens with one attached hydrogen (secondary N) is 2. The molecule has 20 heavy (non-hydrogen) atoms. The molecule has 1 aromatic rings. The molecule has 0 atom stereocenters. The fourth-order valence-corrected chi connectivity index (χ4v) is 4.88. The number of nitrogens with zero attached hydrogens (tertiary/aromatic N) is 1. The molecule has 0 aliphatic carbocycles. The molecule has 0 spiro atoms. The third-order valence-corrected chi connectivity index (χ3v) is 4.90. The van der Waals surface area contributed by atoms with E-state index in [9.17, 15) is 0 Å². The van der Waals surface area contributed by atoms with Gasteiger partial charge in [-0.2, -0.15) is 0 Å². The molecule has 0 aromatic carbocycles. The second kappa shape index (κ2) is 8.00. The van der Waals surface area contributed by atoms with Crippen molar-refractivity contribution in [2.75, 3.05) is 5.32 Å². The van der Waals surface area contributed by atoms with Crippen molar-refractivity contribution in [3.63, 3.8) is 0 Å². The summed E-state index contributed by atoms with van der Waals surface area (Å²) >= 11 is 10.7. The minimum Gasteiger partial charge on any atom is -0.331 e. The van der Waals surface area contributed by atoms with Crippen LogP contribution in [0, 0.1) is 0 Å². The van der Waals surface area contributed by atoms with Crippen molar-refractivity contribution in [1.82, 2.24) is 10.1 Å². The van der Waals surface area contributed by atoms with E-state index in [-0.39, 0.29) is 12.2 Å². The molecule has 1 aromatic heterocycles. The van der Waals surface area contributed by atoms with Crippen molar-refractivity contribution in [1.29, 1.82) is 0 Å². The lowest BCUT2D eigenvalue weighted by atomic mass is 10.4. The van der Waals surface area contributed by atoms with E-state index in [0.717, 1.165) is 5.69 Å². The summed E-state index contributed by atoms with van der Waals surface area (Å²) in [4.78, 5) is 4.00. The summed E-state index contributed by atoms with van der Waals surface area (Å²) < 4.78 is 11.4. The topological polar surface area (TPSA) is 55.4 Å². The van der Waals surface area contributed by atoms with Crippen LogP contribution in [0.4, 0.5) is 5.69 Å². The largest absolute Gasteiger partial charge is 0.331 e. The Kier molecular flexibility index (Phi) is 6.99. The first-order valence-corrected chi connectivity index (χ1v) is 9.31. The molecule has 0 saturated heterocycles. The van der Waals surface area contributed by atoms with E-state index >= 15 is 0 Å². The molecule has 0 aliphatic heterocycles. The fraction of sp³-hybridized carbons (Fsp3) is 0.500. The molecule has 0 radical (unpaired) electrons. The highest BCUT2D eigenvalue weighted by Gasteiger charge is 2.23. The van der Waals surface area contributed by atoms with Crippen molar-refractivity contribution < 1.29 is 9.05 Å². The van der Waals surface area contributed by atoms with Crippen molar-refractivity contribution >= 4 is 41.5 Å². The summed E-state index contributed by atoms with van der Waals surface area (Å²) in [5.41, 5.74) is 0.778. The van der Waals surface area contributed by atoms with Crippen molar-refractivity contribution in [2.45, 2.75) is 39.9 Å². The number of hydrogen-bond donors (Lipinski definition) is 2. The van der Waals surface area contributed by atoms with Gasteiger partial charge in [-0.15, -0.1) is 0 Å². The predicted molar refractivity (Wildman–Crippen MR) is 90.3 cm³/mol. The Bertz CT molecular complexity index is 469. The van der Waals surface area contributed by atoms with Gasteiger partial charge in [0.25, 0.3) is 6.64 Å². The Morgan fingerprint density at radius 3 is 2.30 bits per heavy atom. The third kappa shape index (κ3) is 6.72. The summed E-state index contributed by atoms with van der Waals surface area (Å²) in [6, 6.07) is 3.67. The van der Waals surface area contributed by atoms with Gasteiger partial charge in [-0.1, -0.05) is 0 Å². The highest BCUT2D eigenvalue weighted by atomic mass is 32.5. The zero-order valence-electron chi connectivity index (χ0n) is 12.0. The van der Waals surface area contributed by atoms with Gasteiger partial charge in [0, 0.05) is 6.20 Å². The van der Waals surface area contributed by atoms with Gasteiger partial charge < -0.3 is 14.4 Å². The number of pyridine rings is 1. The van der Waals surface area contributed by atoms with Gasteiger partial charge in [-0.25, -0.2) is 0 Å². The first-order valence-electron chi connectivity index (χ1n) is 6.27. The molecule has 8 heteroatoms. The van der Waals surface area contributed by atoms with Crippen LogP contribution < -0.4 is 10.4 Å². The third-order valence-electron chi connectivity index (χ3n) is 1.86. The maximum Gasteiger partial charge on any atom is 0.289 e. The number of aromatic nitrogens is 1. The van der Waals surface area contributed by atoms with Gasteiger partial charge >= 0.3 is 0 Å². The summed E-state index contributed by atoms with van der Waals surface area (Å²) in [5.74, 6) is 0. The molecule has 0 bridgehead atoms. The van der Waals surface area contributed by atoms with Gasteiger partial charge in [-0.05, 0) is 63.9 Å². The Morgan fingerprint density at radius 1 is 1.25 bits per heavy atom. The van der Waals surface area contributed by atoms with Crippen LogP contribution in [0.3, 0.4) is 0 Å². The minimum atomic E-state index is -2.67. The second-order valence-electron chi connectivity index (χ2n) is 4.61. The average Bonchev–Trinajstić information content (AvgIpc) is 2.26. The van der Waals surface area contributed by atoms with E-state index in [1.165, 1.54) is 0 Å². The normalized spacial score (nSPS) is 11.7. The molecule has 1 heterocycles. The fourth-order valence-electron chi connectivity index (χ4n) is 1.35. The molecule has 0 saturated carbocycles. The van der Waals surface area contributed by atoms with Crippen LogP contribution in [-0.4, -0.2) is 22.3 Å². The number of rotatable bonds is 6. The second-order valence-corrected chi connectivity index (χ2v) is 8.10. The lowest BCUT2D eigenvalue weighted by Crippen LogP contribution is -2.29. The van der Waals surface area contributed by atoms with Gasteiger partial charge in [-0.3, -0.25) is 10.1 Å². The van der Waals surface area contributed by atoms with Gasteiger partial charge in [0.1, 0.15) is 0 Å². The van der Waals surface area contributed by atoms with Crippen LogP contribution in [0.25, 0.3) is 0 Å². The first kappa shape index (κ1) is 17.5. The van der Waals surface area contributed by atoms with E-state index in [1.807, 2.05) is 39.8 Å². The van der Waals surface area contributed by atoms with Gasteiger partial charge in [0.05, 0.1) is 24.1 Å². The molecule has 5 nitrogen and oxygen atoms in total. The van der Waals surface area contributed by atoms with Crippen LogP contribution in [-0.2, 0) is 20.9 Å². The molecular formula is C12H20N3O2PS2. The van der Waals surface area contributed by atoms with Gasteiger partial charge in [0.2, 0.25) is 0 Å². The maximum atomic E-state index is 5.71. The van der Waals surface area contributed by atoms with E-state index in [0.29, 0.717) is 5.11 Å². The van der Waals surface area contributed by atoms with Crippen LogP contribution in [0.1, 0.15) is 27.7 Å². The van der Waals surface area contributed by atoms with Crippen LogP contribution in [0.15, 0.2) is 24.5 Å². The van der Waals surface area contributed by atoms with Crippen molar-refractivity contribution in [3.8, 4) is 0 Å². The zero-order chi connectivity index (χ0) is 15.2. The Labute approximate surface area is 130 Å². The molecule has 0 aliphatic rings. The molecule has 0 fully saturated rings. The van der Waals surface area contributed by atoms with Crippen LogP contribution in [0.5, 0.6) is 0 Å². The Balaban J connectivity index is 2.69. The molecular weight excluding hydrogens is 313 g/mol. The maximum absolute atomic E-state index is 5.71. The average molecular weight is 333 g/mol. The molecule has 0 amide bonds.